The van der Waals surface area contributed by atoms with Crippen molar-refractivity contribution < 1.29 is 4.42 Å². The molecule has 0 saturated carbocycles. The molecule has 0 fully saturated rings. The summed E-state index contributed by atoms with van der Waals surface area (Å²) in [6.45, 7) is 2.50. The molecule has 20 heavy (non-hydrogen) atoms. The Labute approximate surface area is 117 Å². The molecule has 2 aromatic carbocycles. The van der Waals surface area contributed by atoms with Crippen molar-refractivity contribution in [1.82, 2.24) is 0 Å². The molecule has 0 aliphatic carbocycles. The molecular formula is C17H14N2O. The molecule has 1 heterocycles. The van der Waals surface area contributed by atoms with Crippen molar-refractivity contribution in [3.05, 3.63) is 65.4 Å². The van der Waals surface area contributed by atoms with E-state index < -0.39 is 0 Å². The lowest BCUT2D eigenvalue weighted by atomic mass is 10.1. The Balaban J connectivity index is 1.83. The van der Waals surface area contributed by atoms with Crippen LogP contribution in [-0.4, -0.2) is 0 Å². The Bertz CT molecular complexity index is 763. The number of nitriles is 1. The van der Waals surface area contributed by atoms with E-state index in [9.17, 15) is 5.26 Å². The third kappa shape index (κ3) is 2.24. The third-order valence-electron chi connectivity index (χ3n) is 3.31. The van der Waals surface area contributed by atoms with Gasteiger partial charge >= 0.3 is 0 Å². The quantitative estimate of drug-likeness (QED) is 0.768. The predicted octanol–water partition coefficient (Wildman–Crippen LogP) is 4.23. The van der Waals surface area contributed by atoms with Gasteiger partial charge in [0.1, 0.15) is 17.4 Å². The molecule has 3 heteroatoms. The smallest absolute Gasteiger partial charge is 0.134 e. The van der Waals surface area contributed by atoms with Gasteiger partial charge in [0.2, 0.25) is 0 Å². The van der Waals surface area contributed by atoms with Crippen LogP contribution in [0.3, 0.4) is 0 Å². The summed E-state index contributed by atoms with van der Waals surface area (Å²) in [6.07, 6.45) is 0. The van der Waals surface area contributed by atoms with E-state index in [4.69, 9.17) is 4.42 Å². The van der Waals surface area contributed by atoms with Gasteiger partial charge in [0.05, 0.1) is 17.8 Å². The lowest BCUT2D eigenvalue weighted by Crippen LogP contribution is -2.01. The maximum Gasteiger partial charge on any atom is 0.134 e. The van der Waals surface area contributed by atoms with Crippen molar-refractivity contribution in [2.75, 3.05) is 5.32 Å². The van der Waals surface area contributed by atoms with Gasteiger partial charge in [-0.1, -0.05) is 30.3 Å². The minimum absolute atomic E-state index is 0.562. The fourth-order valence-corrected chi connectivity index (χ4v) is 2.27. The number of hydrogen-bond acceptors (Lipinski definition) is 3. The van der Waals surface area contributed by atoms with Gasteiger partial charge in [-0.15, -0.1) is 0 Å². The van der Waals surface area contributed by atoms with Crippen LogP contribution in [0.1, 0.15) is 16.9 Å². The van der Waals surface area contributed by atoms with Crippen LogP contribution in [0.5, 0.6) is 0 Å². The molecule has 3 rings (SSSR count). The summed E-state index contributed by atoms with van der Waals surface area (Å²) < 4.78 is 5.75. The fourth-order valence-electron chi connectivity index (χ4n) is 2.27. The number of benzene rings is 2. The molecular weight excluding hydrogens is 248 g/mol. The standard InChI is InChI=1S/C17H14N2O/c1-12-5-4-7-16(15(12)10-18)19-11-14-9-13-6-2-3-8-17(13)20-14/h2-9,19H,11H2,1H3. The van der Waals surface area contributed by atoms with E-state index in [1.54, 1.807) is 0 Å². The summed E-state index contributed by atoms with van der Waals surface area (Å²) in [4.78, 5) is 0. The van der Waals surface area contributed by atoms with Gasteiger partial charge in [0.25, 0.3) is 0 Å². The molecule has 1 N–H and O–H groups in total. The zero-order valence-electron chi connectivity index (χ0n) is 11.2. The number of para-hydroxylation sites is 1. The predicted molar refractivity (Wildman–Crippen MR) is 79.4 cm³/mol. The largest absolute Gasteiger partial charge is 0.459 e. The van der Waals surface area contributed by atoms with Crippen LogP contribution in [0.4, 0.5) is 5.69 Å². The summed E-state index contributed by atoms with van der Waals surface area (Å²) in [5.74, 6) is 0.858. The topological polar surface area (TPSA) is 49.0 Å². The molecule has 98 valence electrons. The highest BCUT2D eigenvalue weighted by atomic mass is 16.3. The van der Waals surface area contributed by atoms with E-state index in [0.717, 1.165) is 28.0 Å². The van der Waals surface area contributed by atoms with Crippen molar-refractivity contribution in [1.29, 1.82) is 5.26 Å². The highest BCUT2D eigenvalue weighted by Gasteiger charge is 2.06. The van der Waals surface area contributed by atoms with Crippen LogP contribution in [0, 0.1) is 18.3 Å². The number of anilines is 1. The van der Waals surface area contributed by atoms with Crippen LogP contribution < -0.4 is 5.32 Å². The van der Waals surface area contributed by atoms with E-state index in [1.807, 2.05) is 55.5 Å². The molecule has 0 amide bonds. The second-order valence-corrected chi connectivity index (χ2v) is 4.71. The third-order valence-corrected chi connectivity index (χ3v) is 3.31. The van der Waals surface area contributed by atoms with Crippen LogP contribution in [0.15, 0.2) is 52.9 Å². The highest BCUT2D eigenvalue weighted by Crippen LogP contribution is 2.22. The number of aryl methyl sites for hydroxylation is 1. The first kappa shape index (κ1) is 12.3. The SMILES string of the molecule is Cc1cccc(NCc2cc3ccccc3o2)c1C#N. The summed E-state index contributed by atoms with van der Waals surface area (Å²) >= 11 is 0. The Morgan fingerprint density at radius 3 is 2.80 bits per heavy atom. The summed E-state index contributed by atoms with van der Waals surface area (Å²) in [5.41, 5.74) is 3.38. The maximum atomic E-state index is 9.20. The first-order valence-electron chi connectivity index (χ1n) is 6.49. The molecule has 0 aliphatic rings. The number of hydrogen-bond donors (Lipinski definition) is 1. The zero-order valence-corrected chi connectivity index (χ0v) is 11.2. The minimum atomic E-state index is 0.562. The lowest BCUT2D eigenvalue weighted by molar-refractivity contribution is 0.559. The van der Waals surface area contributed by atoms with Crippen LogP contribution in [0.25, 0.3) is 11.0 Å². The van der Waals surface area contributed by atoms with Gasteiger partial charge in [-0.25, -0.2) is 0 Å². The number of furan rings is 1. The molecule has 3 nitrogen and oxygen atoms in total. The summed E-state index contributed by atoms with van der Waals surface area (Å²) in [7, 11) is 0. The van der Waals surface area contributed by atoms with E-state index in [2.05, 4.69) is 11.4 Å². The first-order chi connectivity index (χ1) is 9.78. The van der Waals surface area contributed by atoms with Crippen molar-refractivity contribution in [2.45, 2.75) is 13.5 Å². The summed E-state index contributed by atoms with van der Waals surface area (Å²) in [6, 6.07) is 18.0. The second-order valence-electron chi connectivity index (χ2n) is 4.71. The Kier molecular flexibility index (Phi) is 3.14. The van der Waals surface area contributed by atoms with Crippen LogP contribution in [0.2, 0.25) is 0 Å². The van der Waals surface area contributed by atoms with Crippen molar-refractivity contribution in [3.8, 4) is 6.07 Å². The van der Waals surface area contributed by atoms with Gasteiger partial charge < -0.3 is 9.73 Å². The number of nitrogens with one attached hydrogen (secondary N) is 1. The van der Waals surface area contributed by atoms with Gasteiger partial charge in [0.15, 0.2) is 0 Å². The monoisotopic (exact) mass is 262 g/mol. The zero-order chi connectivity index (χ0) is 13.9. The Morgan fingerprint density at radius 1 is 1.15 bits per heavy atom. The van der Waals surface area contributed by atoms with E-state index in [-0.39, 0.29) is 0 Å². The molecule has 0 unspecified atom stereocenters. The highest BCUT2D eigenvalue weighted by molar-refractivity contribution is 5.77. The number of rotatable bonds is 3. The average Bonchev–Trinajstić information content (AvgIpc) is 2.88. The minimum Gasteiger partial charge on any atom is -0.459 e. The van der Waals surface area contributed by atoms with Crippen molar-refractivity contribution in [2.24, 2.45) is 0 Å². The lowest BCUT2D eigenvalue weighted by Gasteiger charge is -2.08. The Morgan fingerprint density at radius 2 is 2.00 bits per heavy atom. The molecule has 3 aromatic rings. The van der Waals surface area contributed by atoms with Gasteiger partial charge in [-0.2, -0.15) is 5.26 Å². The Hall–Kier alpha value is -2.73. The van der Waals surface area contributed by atoms with Crippen molar-refractivity contribution >= 4 is 16.7 Å². The number of nitrogens with zero attached hydrogens (tertiary/aromatic N) is 1. The first-order valence-corrected chi connectivity index (χ1v) is 6.49. The van der Waals surface area contributed by atoms with Crippen LogP contribution in [-0.2, 0) is 6.54 Å². The van der Waals surface area contributed by atoms with Crippen molar-refractivity contribution in [3.63, 3.8) is 0 Å². The van der Waals surface area contributed by atoms with Crippen LogP contribution >= 0.6 is 0 Å². The normalized spacial score (nSPS) is 10.4. The van der Waals surface area contributed by atoms with E-state index >= 15 is 0 Å². The molecule has 1 aromatic heterocycles. The molecule has 0 radical (unpaired) electrons. The second kappa shape index (κ2) is 5.10. The molecule has 0 saturated heterocycles. The van der Waals surface area contributed by atoms with Gasteiger partial charge in [0, 0.05) is 5.39 Å². The molecule has 0 bridgehead atoms. The molecule has 0 aliphatic heterocycles. The maximum absolute atomic E-state index is 9.20. The number of fused-ring (bicyclic) bond motifs is 1. The van der Waals surface area contributed by atoms with Gasteiger partial charge in [-0.3, -0.25) is 0 Å². The summed E-state index contributed by atoms with van der Waals surface area (Å²) in [5, 5.41) is 13.6. The fraction of sp³-hybridized carbons (Fsp3) is 0.118. The molecule has 0 atom stereocenters. The molecule has 0 spiro atoms. The van der Waals surface area contributed by atoms with E-state index in [1.165, 1.54) is 0 Å². The van der Waals surface area contributed by atoms with E-state index in [0.29, 0.717) is 12.1 Å². The average molecular weight is 262 g/mol. The van der Waals surface area contributed by atoms with Gasteiger partial charge in [-0.05, 0) is 30.7 Å².